The fourth-order valence-corrected chi connectivity index (χ4v) is 1.57. The van der Waals surface area contributed by atoms with Gasteiger partial charge in [-0.3, -0.25) is 0 Å². The number of benzene rings is 1. The second-order valence-corrected chi connectivity index (χ2v) is 3.33. The van der Waals surface area contributed by atoms with Crippen LogP contribution in [0.1, 0.15) is 5.69 Å². The first-order chi connectivity index (χ1) is 7.76. The third-order valence-electron chi connectivity index (χ3n) is 2.31. The van der Waals surface area contributed by atoms with E-state index in [4.69, 9.17) is 10.3 Å². The minimum atomic E-state index is 0.561. The van der Waals surface area contributed by atoms with Crippen LogP contribution in [0.25, 0.3) is 21.3 Å². The van der Waals surface area contributed by atoms with Crippen LogP contribution in [-0.2, 0) is 0 Å². The van der Waals surface area contributed by atoms with Crippen molar-refractivity contribution in [3.8, 4) is 5.75 Å². The summed E-state index contributed by atoms with van der Waals surface area (Å²) in [5, 5.41) is 4.42. The van der Waals surface area contributed by atoms with Crippen LogP contribution in [0, 0.1) is 6.92 Å². The van der Waals surface area contributed by atoms with Crippen molar-refractivity contribution in [1.29, 1.82) is 0 Å². The number of methoxy groups -OCH3 is 1. The minimum absolute atomic E-state index is 0.561. The monoisotopic (exact) mass is 214 g/mol. The van der Waals surface area contributed by atoms with E-state index < -0.39 is 0 Å². The number of hydrogen-bond acceptors (Lipinski definition) is 3. The summed E-state index contributed by atoms with van der Waals surface area (Å²) in [5.74, 6) is 0.676. The predicted molar refractivity (Wildman–Crippen MR) is 61.8 cm³/mol. The molecule has 0 bridgehead atoms. The van der Waals surface area contributed by atoms with Crippen molar-refractivity contribution in [1.82, 2.24) is 4.98 Å². The van der Waals surface area contributed by atoms with E-state index in [0.29, 0.717) is 17.0 Å². The Morgan fingerprint density at radius 2 is 2.12 bits per heavy atom. The van der Waals surface area contributed by atoms with Gasteiger partial charge in [0.1, 0.15) is 11.3 Å². The summed E-state index contributed by atoms with van der Waals surface area (Å²) in [6.07, 6.45) is 0. The molecule has 0 atom stereocenters. The highest BCUT2D eigenvalue weighted by atomic mass is 16.5. The van der Waals surface area contributed by atoms with E-state index >= 15 is 0 Å². The molecule has 2 aromatic rings. The Kier molecular flexibility index (Phi) is 2.62. The molecule has 0 saturated carbocycles. The molecule has 0 radical (unpaired) electrons. The average molecular weight is 214 g/mol. The van der Waals surface area contributed by atoms with E-state index in [-0.39, 0.29) is 0 Å². The number of rotatable bonds is 2. The SMILES string of the molecule is COc1ccc(N=[N+]=[N-])c2ccc(C)nc12. The number of azide groups is 1. The Hall–Kier alpha value is -2.26. The Balaban J connectivity index is 2.84. The fraction of sp³-hybridized carbons (Fsp3) is 0.182. The third kappa shape index (κ3) is 1.64. The van der Waals surface area contributed by atoms with Crippen LogP contribution < -0.4 is 4.74 Å². The van der Waals surface area contributed by atoms with Crippen LogP contribution in [-0.4, -0.2) is 12.1 Å². The summed E-state index contributed by atoms with van der Waals surface area (Å²) in [4.78, 5) is 7.17. The number of nitrogens with zero attached hydrogens (tertiary/aromatic N) is 4. The van der Waals surface area contributed by atoms with Gasteiger partial charge in [-0.1, -0.05) is 11.2 Å². The normalized spacial score (nSPS) is 9.88. The Morgan fingerprint density at radius 3 is 2.81 bits per heavy atom. The largest absolute Gasteiger partial charge is 0.494 e. The van der Waals surface area contributed by atoms with Crippen molar-refractivity contribution < 1.29 is 4.74 Å². The van der Waals surface area contributed by atoms with Gasteiger partial charge in [0.15, 0.2) is 0 Å². The molecule has 80 valence electrons. The number of fused-ring (bicyclic) bond motifs is 1. The summed E-state index contributed by atoms with van der Waals surface area (Å²) in [6, 6.07) is 7.22. The van der Waals surface area contributed by atoms with E-state index in [2.05, 4.69) is 15.0 Å². The third-order valence-corrected chi connectivity index (χ3v) is 2.31. The summed E-state index contributed by atoms with van der Waals surface area (Å²) in [5.41, 5.74) is 10.6. The van der Waals surface area contributed by atoms with Crippen LogP contribution in [0.2, 0.25) is 0 Å². The van der Waals surface area contributed by atoms with Crippen molar-refractivity contribution in [3.63, 3.8) is 0 Å². The first-order valence-electron chi connectivity index (χ1n) is 4.75. The molecule has 1 heterocycles. The van der Waals surface area contributed by atoms with E-state index in [9.17, 15) is 0 Å². The molecule has 0 saturated heterocycles. The zero-order valence-corrected chi connectivity index (χ0v) is 9.01. The zero-order chi connectivity index (χ0) is 11.5. The Morgan fingerprint density at radius 1 is 1.31 bits per heavy atom. The van der Waals surface area contributed by atoms with Crippen molar-refractivity contribution in [3.05, 3.63) is 40.4 Å². The number of aromatic nitrogens is 1. The lowest BCUT2D eigenvalue weighted by molar-refractivity contribution is 0.419. The molecule has 2 rings (SSSR count). The molecule has 5 heteroatoms. The van der Waals surface area contributed by atoms with Crippen molar-refractivity contribution in [2.75, 3.05) is 7.11 Å². The van der Waals surface area contributed by atoms with Crippen molar-refractivity contribution >= 4 is 16.6 Å². The van der Waals surface area contributed by atoms with E-state index in [1.165, 1.54) is 0 Å². The highest BCUT2D eigenvalue weighted by Crippen LogP contribution is 2.32. The van der Waals surface area contributed by atoms with Crippen LogP contribution >= 0.6 is 0 Å². The first-order valence-corrected chi connectivity index (χ1v) is 4.75. The smallest absolute Gasteiger partial charge is 0.145 e. The molecule has 0 aliphatic rings. The molecule has 0 spiro atoms. The summed E-state index contributed by atoms with van der Waals surface area (Å²) < 4.78 is 5.22. The van der Waals surface area contributed by atoms with Gasteiger partial charge in [-0.25, -0.2) is 4.98 Å². The van der Waals surface area contributed by atoms with Crippen LogP contribution in [0.4, 0.5) is 5.69 Å². The Labute approximate surface area is 92.3 Å². The van der Waals surface area contributed by atoms with Gasteiger partial charge in [-0.15, -0.1) is 0 Å². The minimum Gasteiger partial charge on any atom is -0.494 e. The van der Waals surface area contributed by atoms with E-state index in [1.54, 1.807) is 19.2 Å². The fourth-order valence-electron chi connectivity index (χ4n) is 1.57. The van der Waals surface area contributed by atoms with Gasteiger partial charge in [-0.2, -0.15) is 0 Å². The van der Waals surface area contributed by atoms with Gasteiger partial charge in [0, 0.05) is 21.7 Å². The van der Waals surface area contributed by atoms with E-state index in [1.807, 2.05) is 19.1 Å². The maximum atomic E-state index is 8.47. The molecule has 16 heavy (non-hydrogen) atoms. The lowest BCUT2D eigenvalue weighted by Crippen LogP contribution is -1.89. The topological polar surface area (TPSA) is 70.9 Å². The van der Waals surface area contributed by atoms with Gasteiger partial charge < -0.3 is 4.74 Å². The van der Waals surface area contributed by atoms with Gasteiger partial charge in [0.2, 0.25) is 0 Å². The van der Waals surface area contributed by atoms with Gasteiger partial charge in [0.25, 0.3) is 0 Å². The van der Waals surface area contributed by atoms with Crippen LogP contribution in [0.15, 0.2) is 29.4 Å². The molecule has 1 aromatic carbocycles. The highest BCUT2D eigenvalue weighted by molar-refractivity contribution is 5.94. The molecular weight excluding hydrogens is 204 g/mol. The molecule has 0 aliphatic heterocycles. The van der Waals surface area contributed by atoms with Gasteiger partial charge in [0.05, 0.1) is 7.11 Å². The maximum Gasteiger partial charge on any atom is 0.145 e. The highest BCUT2D eigenvalue weighted by Gasteiger charge is 2.06. The molecule has 0 aliphatic carbocycles. The van der Waals surface area contributed by atoms with Gasteiger partial charge >= 0.3 is 0 Å². The summed E-state index contributed by atoms with van der Waals surface area (Å²) in [6.45, 7) is 1.90. The molecule has 1 aromatic heterocycles. The molecule has 5 nitrogen and oxygen atoms in total. The predicted octanol–water partition coefficient (Wildman–Crippen LogP) is 3.49. The average Bonchev–Trinajstić information content (AvgIpc) is 2.29. The second kappa shape index (κ2) is 4.08. The van der Waals surface area contributed by atoms with Crippen LogP contribution in [0.5, 0.6) is 5.75 Å². The quantitative estimate of drug-likeness (QED) is 0.436. The number of ether oxygens (including phenoxy) is 1. The molecule has 0 fully saturated rings. The van der Waals surface area contributed by atoms with Crippen LogP contribution in [0.3, 0.4) is 0 Å². The Bertz CT molecular complexity index is 588. The lowest BCUT2D eigenvalue weighted by atomic mass is 10.1. The summed E-state index contributed by atoms with van der Waals surface area (Å²) >= 11 is 0. The van der Waals surface area contributed by atoms with Crippen molar-refractivity contribution in [2.45, 2.75) is 6.92 Å². The number of pyridine rings is 1. The second-order valence-electron chi connectivity index (χ2n) is 3.33. The molecule has 0 N–H and O–H groups in total. The van der Waals surface area contributed by atoms with Crippen molar-refractivity contribution in [2.24, 2.45) is 5.11 Å². The molecular formula is C11H10N4O. The molecule has 0 amide bonds. The number of aryl methyl sites for hydroxylation is 1. The van der Waals surface area contributed by atoms with E-state index in [0.717, 1.165) is 11.1 Å². The molecule has 0 unspecified atom stereocenters. The first kappa shape index (κ1) is 10.3. The zero-order valence-electron chi connectivity index (χ0n) is 9.01. The number of hydrogen-bond donors (Lipinski definition) is 0. The summed E-state index contributed by atoms with van der Waals surface area (Å²) in [7, 11) is 1.59. The maximum absolute atomic E-state index is 8.47. The lowest BCUT2D eigenvalue weighted by Gasteiger charge is -2.07. The van der Waals surface area contributed by atoms with Gasteiger partial charge in [-0.05, 0) is 30.7 Å². The standard InChI is InChI=1S/C11H10N4O/c1-7-3-4-8-9(14-15-12)5-6-10(16-2)11(8)13-7/h3-6H,1-2H3.